The summed E-state index contributed by atoms with van der Waals surface area (Å²) in [6, 6.07) is 16.0. The second-order valence-electron chi connectivity index (χ2n) is 6.14. The Hall–Kier alpha value is -3.74. The first-order chi connectivity index (χ1) is 13.5. The smallest absolute Gasteiger partial charge is 0.339 e. The fourth-order valence-corrected chi connectivity index (χ4v) is 2.65. The maximum absolute atomic E-state index is 12.6. The molecule has 1 aromatic heterocycles. The molecule has 0 radical (unpaired) electrons. The van der Waals surface area contributed by atoms with E-state index in [1.54, 1.807) is 18.2 Å². The molecule has 0 aliphatic heterocycles. The monoisotopic (exact) mass is 377 g/mol. The molecule has 0 aliphatic rings. The molecule has 142 valence electrons. The number of pyridine rings is 1. The lowest BCUT2D eigenvalue weighted by molar-refractivity contribution is -0.123. The van der Waals surface area contributed by atoms with Gasteiger partial charge in [0.2, 0.25) is 0 Å². The molecule has 0 atom stereocenters. The number of aromatic nitrogens is 1. The summed E-state index contributed by atoms with van der Waals surface area (Å²) in [5.41, 5.74) is 3.55. The molecule has 0 aliphatic carbocycles. The van der Waals surface area contributed by atoms with Gasteiger partial charge in [0.05, 0.1) is 16.8 Å². The lowest BCUT2D eigenvalue weighted by Gasteiger charge is -2.10. The van der Waals surface area contributed by atoms with Gasteiger partial charge in [0.1, 0.15) is 0 Å². The van der Waals surface area contributed by atoms with Crippen LogP contribution in [-0.4, -0.2) is 36.5 Å². The Morgan fingerprint density at radius 1 is 1.04 bits per heavy atom. The maximum atomic E-state index is 12.6. The van der Waals surface area contributed by atoms with E-state index in [-0.39, 0.29) is 0 Å². The molecule has 0 unspecified atom stereocenters. The van der Waals surface area contributed by atoms with E-state index in [2.05, 4.69) is 10.3 Å². The fourth-order valence-electron chi connectivity index (χ4n) is 2.65. The van der Waals surface area contributed by atoms with Crippen LogP contribution >= 0.6 is 0 Å². The Labute approximate surface area is 161 Å². The van der Waals surface area contributed by atoms with E-state index in [1.165, 1.54) is 7.05 Å². The van der Waals surface area contributed by atoms with E-state index in [1.807, 2.05) is 48.6 Å². The van der Waals surface area contributed by atoms with Crippen LogP contribution in [0.5, 0.6) is 0 Å². The predicted molar refractivity (Wildman–Crippen MR) is 105 cm³/mol. The van der Waals surface area contributed by atoms with Gasteiger partial charge < -0.3 is 10.1 Å². The fraction of sp³-hybridized carbons (Fsp3) is 0.143. The Kier molecular flexibility index (Phi) is 5.64. The van der Waals surface area contributed by atoms with Gasteiger partial charge in [-0.25, -0.2) is 14.6 Å². The first kappa shape index (κ1) is 19.0. The molecule has 2 aromatic carbocycles. The first-order valence-electron chi connectivity index (χ1n) is 8.63. The number of ether oxygens (including phenoxy) is 1. The summed E-state index contributed by atoms with van der Waals surface area (Å²) >= 11 is 0. The summed E-state index contributed by atoms with van der Waals surface area (Å²) in [6.45, 7) is 1.42. The van der Waals surface area contributed by atoms with Crippen molar-refractivity contribution in [2.24, 2.45) is 0 Å². The Bertz CT molecular complexity index is 1050. The van der Waals surface area contributed by atoms with Crippen LogP contribution in [0.2, 0.25) is 0 Å². The summed E-state index contributed by atoms with van der Waals surface area (Å²) in [4.78, 5) is 40.1. The number of fused-ring (bicyclic) bond motifs is 1. The Morgan fingerprint density at radius 3 is 2.46 bits per heavy atom. The highest BCUT2D eigenvalue weighted by molar-refractivity contribution is 6.05. The molecule has 3 amide bonds. The van der Waals surface area contributed by atoms with Crippen LogP contribution in [0.3, 0.4) is 0 Å². The third-order valence-electron chi connectivity index (χ3n) is 4.10. The zero-order valence-electron chi connectivity index (χ0n) is 15.5. The molecular weight excluding hydrogens is 358 g/mol. The number of aryl methyl sites for hydroxylation is 1. The van der Waals surface area contributed by atoms with Gasteiger partial charge in [-0.05, 0) is 19.1 Å². The van der Waals surface area contributed by atoms with Crippen molar-refractivity contribution in [1.82, 2.24) is 15.6 Å². The van der Waals surface area contributed by atoms with Crippen LogP contribution in [0.15, 0.2) is 54.6 Å². The Morgan fingerprint density at radius 2 is 1.75 bits per heavy atom. The topological polar surface area (TPSA) is 97.4 Å². The van der Waals surface area contributed by atoms with E-state index < -0.39 is 24.5 Å². The molecule has 7 heteroatoms. The lowest BCUT2D eigenvalue weighted by atomic mass is 10.0. The summed E-state index contributed by atoms with van der Waals surface area (Å²) in [7, 11) is 1.38. The number of benzene rings is 2. The van der Waals surface area contributed by atoms with E-state index in [4.69, 9.17) is 4.74 Å². The highest BCUT2D eigenvalue weighted by Crippen LogP contribution is 2.25. The molecule has 28 heavy (non-hydrogen) atoms. The predicted octanol–water partition coefficient (Wildman–Crippen LogP) is 2.82. The van der Waals surface area contributed by atoms with Gasteiger partial charge in [-0.3, -0.25) is 10.1 Å². The van der Waals surface area contributed by atoms with Crippen LogP contribution in [0.1, 0.15) is 15.9 Å². The average molecular weight is 377 g/mol. The zero-order valence-corrected chi connectivity index (χ0v) is 15.5. The molecule has 3 rings (SSSR count). The number of hydrogen-bond donors (Lipinski definition) is 2. The average Bonchev–Trinajstić information content (AvgIpc) is 2.71. The highest BCUT2D eigenvalue weighted by Gasteiger charge is 2.17. The molecule has 0 fully saturated rings. The molecule has 3 aromatic rings. The van der Waals surface area contributed by atoms with E-state index in [9.17, 15) is 14.4 Å². The van der Waals surface area contributed by atoms with Crippen LogP contribution in [0.25, 0.3) is 22.2 Å². The first-order valence-corrected chi connectivity index (χ1v) is 8.63. The van der Waals surface area contributed by atoms with Crippen LogP contribution in [-0.2, 0) is 9.53 Å². The van der Waals surface area contributed by atoms with Crippen molar-refractivity contribution in [2.75, 3.05) is 13.7 Å². The maximum Gasteiger partial charge on any atom is 0.339 e. The number of esters is 1. The summed E-state index contributed by atoms with van der Waals surface area (Å²) in [5, 5.41) is 4.91. The largest absolute Gasteiger partial charge is 0.452 e. The normalized spacial score (nSPS) is 10.4. The van der Waals surface area contributed by atoms with Crippen LogP contribution in [0, 0.1) is 6.92 Å². The molecular formula is C21H19N3O4. The minimum atomic E-state index is -0.718. The van der Waals surface area contributed by atoms with Crippen molar-refractivity contribution in [3.8, 4) is 11.3 Å². The third kappa shape index (κ3) is 4.32. The number of rotatable bonds is 4. The van der Waals surface area contributed by atoms with Gasteiger partial charge in [0.15, 0.2) is 6.61 Å². The van der Waals surface area contributed by atoms with Gasteiger partial charge in [-0.1, -0.05) is 48.0 Å². The number of para-hydroxylation sites is 1. The SMILES string of the molecule is CNC(=O)NC(=O)COC(=O)c1cc(-c2ccc(C)cc2)nc2ccccc12. The van der Waals surface area contributed by atoms with Crippen molar-refractivity contribution in [3.05, 3.63) is 65.7 Å². The van der Waals surface area contributed by atoms with E-state index >= 15 is 0 Å². The lowest BCUT2D eigenvalue weighted by Crippen LogP contribution is -2.39. The van der Waals surface area contributed by atoms with Crippen molar-refractivity contribution < 1.29 is 19.1 Å². The number of hydrogen-bond acceptors (Lipinski definition) is 5. The van der Waals surface area contributed by atoms with Gasteiger partial charge in [-0.15, -0.1) is 0 Å². The van der Waals surface area contributed by atoms with Crippen molar-refractivity contribution in [3.63, 3.8) is 0 Å². The van der Waals surface area contributed by atoms with Crippen LogP contribution in [0.4, 0.5) is 4.79 Å². The number of carbonyl (C=O) groups is 3. The van der Waals surface area contributed by atoms with Crippen molar-refractivity contribution in [1.29, 1.82) is 0 Å². The van der Waals surface area contributed by atoms with Crippen molar-refractivity contribution in [2.45, 2.75) is 6.92 Å². The second kappa shape index (κ2) is 8.30. The van der Waals surface area contributed by atoms with Crippen LogP contribution < -0.4 is 10.6 Å². The molecule has 7 nitrogen and oxygen atoms in total. The van der Waals surface area contributed by atoms with Gasteiger partial charge >= 0.3 is 12.0 Å². The van der Waals surface area contributed by atoms with E-state index in [0.717, 1.165) is 11.1 Å². The highest BCUT2D eigenvalue weighted by atomic mass is 16.5. The second-order valence-corrected chi connectivity index (χ2v) is 6.14. The quantitative estimate of drug-likeness (QED) is 0.682. The molecule has 0 spiro atoms. The number of imide groups is 1. The molecule has 1 heterocycles. The Balaban J connectivity index is 1.90. The minimum absolute atomic E-state index is 0.300. The molecule has 0 saturated heterocycles. The number of urea groups is 1. The number of nitrogens with zero attached hydrogens (tertiary/aromatic N) is 1. The zero-order chi connectivity index (χ0) is 20.1. The molecule has 0 bridgehead atoms. The van der Waals surface area contributed by atoms with Gasteiger partial charge in [0, 0.05) is 18.0 Å². The van der Waals surface area contributed by atoms with Gasteiger partial charge in [0.25, 0.3) is 5.91 Å². The van der Waals surface area contributed by atoms with E-state index in [0.29, 0.717) is 22.2 Å². The summed E-state index contributed by atoms with van der Waals surface area (Å²) in [5.74, 6) is -1.39. The molecule has 0 saturated carbocycles. The van der Waals surface area contributed by atoms with Gasteiger partial charge in [-0.2, -0.15) is 0 Å². The third-order valence-corrected chi connectivity index (χ3v) is 4.10. The molecule has 2 N–H and O–H groups in total. The van der Waals surface area contributed by atoms with Crippen molar-refractivity contribution >= 4 is 28.8 Å². The number of carbonyl (C=O) groups excluding carboxylic acids is 3. The number of nitrogens with one attached hydrogen (secondary N) is 2. The number of amides is 3. The summed E-state index contributed by atoms with van der Waals surface area (Å²) < 4.78 is 5.09. The summed E-state index contributed by atoms with van der Waals surface area (Å²) in [6.07, 6.45) is 0. The standard InChI is InChI=1S/C21H19N3O4/c1-13-7-9-14(10-8-13)18-11-16(15-5-3-4-6-17(15)23-18)20(26)28-12-19(25)24-21(27)22-2/h3-11H,12H2,1-2H3,(H2,22,24,25,27). The minimum Gasteiger partial charge on any atom is -0.452 e.